The number of rotatable bonds is 26. The van der Waals surface area contributed by atoms with Crippen molar-refractivity contribution < 1.29 is 9.59 Å². The van der Waals surface area contributed by atoms with E-state index in [2.05, 4.69) is 24.6 Å². The molecule has 0 aliphatic rings. The molecule has 0 aromatic carbocycles. The van der Waals surface area contributed by atoms with Crippen molar-refractivity contribution in [3.63, 3.8) is 0 Å². The van der Waals surface area contributed by atoms with Crippen LogP contribution in [-0.4, -0.2) is 40.6 Å². The van der Waals surface area contributed by atoms with Crippen LogP contribution in [0.1, 0.15) is 155 Å². The molecular weight excluding hydrogens is 574 g/mol. The fourth-order valence-corrected chi connectivity index (χ4v) is 12.0. The van der Waals surface area contributed by atoms with Crippen molar-refractivity contribution in [2.45, 2.75) is 155 Å². The second-order valence-electron chi connectivity index (χ2n) is 10.2. The van der Waals surface area contributed by atoms with Crippen LogP contribution in [0.15, 0.2) is 10.8 Å². The molecule has 0 aliphatic heterocycles. The molecule has 5 heteroatoms. The zero-order valence-electron chi connectivity index (χ0n) is 22.9. The smallest absolute Gasteiger partial charge is 0.0654 e. The maximum absolute atomic E-state index is 12.5. The summed E-state index contributed by atoms with van der Waals surface area (Å²) < 4.78 is 3.53. The Balaban J connectivity index is 2.06. The van der Waals surface area contributed by atoms with Crippen molar-refractivity contribution >= 4 is 60.7 Å². The second kappa shape index (κ2) is 24.5. The monoisotopic (exact) mass is 628 g/mol. The number of carbonyl (C=O) groups excluding carboxylic acids is 2. The van der Waals surface area contributed by atoms with Crippen molar-refractivity contribution in [3.8, 4) is 0 Å². The molecule has 1 aromatic rings. The van der Waals surface area contributed by atoms with Gasteiger partial charge in [-0.05, 0) is 0 Å². The molecule has 0 radical (unpaired) electrons. The van der Waals surface area contributed by atoms with Crippen LogP contribution in [0.25, 0.3) is 0 Å². The van der Waals surface area contributed by atoms with Crippen LogP contribution >= 0.6 is 11.3 Å². The summed E-state index contributed by atoms with van der Waals surface area (Å²) in [5.41, 5.74) is 0. The Bertz CT molecular complexity index is 592. The standard InChI is InChI=1S/C30H54As2O2S/c1-3-5-7-9-11-13-15-17-19-21-23-29(33)31-27-25-35-26-28(27)32-30(34)24-22-20-18-16-14-12-10-8-6-4-2/h25-26,31-32H,3-24H2,1-2H3. The summed E-state index contributed by atoms with van der Waals surface area (Å²) in [5.74, 6) is 0. The van der Waals surface area contributed by atoms with E-state index in [9.17, 15) is 9.59 Å². The van der Waals surface area contributed by atoms with E-state index in [1.165, 1.54) is 124 Å². The first-order valence-electron chi connectivity index (χ1n) is 14.8. The summed E-state index contributed by atoms with van der Waals surface area (Å²) in [5, 5.41) is 4.34. The topological polar surface area (TPSA) is 34.1 Å². The van der Waals surface area contributed by atoms with Gasteiger partial charge in [-0.3, -0.25) is 0 Å². The zero-order valence-corrected chi connectivity index (χ0v) is 27.9. The van der Waals surface area contributed by atoms with Gasteiger partial charge in [-0.2, -0.15) is 0 Å². The number of hydrogen-bond acceptors (Lipinski definition) is 3. The summed E-state index contributed by atoms with van der Waals surface area (Å²) in [6.45, 7) is 4.54. The van der Waals surface area contributed by atoms with Gasteiger partial charge >= 0.3 is 222 Å². The maximum atomic E-state index is 12.5. The van der Waals surface area contributed by atoms with E-state index < -0.39 is 31.5 Å². The normalized spacial score (nSPS) is 11.9. The van der Waals surface area contributed by atoms with Gasteiger partial charge < -0.3 is 0 Å². The van der Waals surface area contributed by atoms with Crippen molar-refractivity contribution in [1.82, 2.24) is 0 Å². The molecule has 202 valence electrons. The molecule has 35 heavy (non-hydrogen) atoms. The van der Waals surface area contributed by atoms with Crippen molar-refractivity contribution in [2.24, 2.45) is 0 Å². The minimum Gasteiger partial charge on any atom is -0.0654 e. The number of thiophene rings is 1. The Morgan fingerprint density at radius 1 is 0.514 bits per heavy atom. The summed E-state index contributed by atoms with van der Waals surface area (Å²) in [7, 11) is 0. The SMILES string of the molecule is CCCCCCCCCCCCC(=O)[AsH]c1cscc1[AsH]C(=O)CCCCCCCCCCCC. The van der Waals surface area contributed by atoms with Crippen LogP contribution in [0.2, 0.25) is 0 Å². The average Bonchev–Trinajstić information content (AvgIpc) is 3.27. The summed E-state index contributed by atoms with van der Waals surface area (Å²) in [6, 6.07) is 0. The van der Waals surface area contributed by atoms with E-state index in [1.807, 2.05) is 0 Å². The van der Waals surface area contributed by atoms with Crippen molar-refractivity contribution in [3.05, 3.63) is 10.8 Å². The van der Waals surface area contributed by atoms with Gasteiger partial charge in [0.2, 0.25) is 0 Å². The molecule has 0 N–H and O–H groups in total. The van der Waals surface area contributed by atoms with Gasteiger partial charge in [-0.15, -0.1) is 0 Å². The predicted molar refractivity (Wildman–Crippen MR) is 161 cm³/mol. The molecular formula is C30H54As2O2S. The Hall–Kier alpha value is 0.157. The summed E-state index contributed by atoms with van der Waals surface area (Å²) in [6.07, 6.45) is 27.8. The Morgan fingerprint density at radius 3 is 1.11 bits per heavy atom. The van der Waals surface area contributed by atoms with Gasteiger partial charge in [0.05, 0.1) is 0 Å². The second-order valence-corrected chi connectivity index (χ2v) is 16.6. The van der Waals surface area contributed by atoms with Crippen LogP contribution in [0, 0.1) is 0 Å². The first-order chi connectivity index (χ1) is 17.2. The molecule has 0 aliphatic carbocycles. The molecule has 1 heterocycles. The van der Waals surface area contributed by atoms with Crippen LogP contribution in [0.3, 0.4) is 0 Å². The van der Waals surface area contributed by atoms with E-state index >= 15 is 0 Å². The van der Waals surface area contributed by atoms with Gasteiger partial charge in [0.15, 0.2) is 0 Å². The van der Waals surface area contributed by atoms with Gasteiger partial charge in [0.25, 0.3) is 0 Å². The zero-order chi connectivity index (χ0) is 25.4. The third-order valence-electron chi connectivity index (χ3n) is 6.72. The van der Waals surface area contributed by atoms with Gasteiger partial charge in [0, 0.05) is 0 Å². The molecule has 0 amide bonds. The fourth-order valence-electron chi connectivity index (χ4n) is 4.46. The molecule has 2 nitrogen and oxygen atoms in total. The molecule has 0 saturated heterocycles. The fraction of sp³-hybridized carbons (Fsp3) is 0.800. The van der Waals surface area contributed by atoms with Crippen molar-refractivity contribution in [1.29, 1.82) is 0 Å². The van der Waals surface area contributed by atoms with E-state index in [0.29, 0.717) is 9.14 Å². The minimum absolute atomic E-state index is 0.484. The molecule has 2 atom stereocenters. The Morgan fingerprint density at radius 2 is 0.800 bits per heavy atom. The molecule has 0 saturated carbocycles. The summed E-state index contributed by atoms with van der Waals surface area (Å²) in [4.78, 5) is 25.1. The Labute approximate surface area is 235 Å². The molecule has 0 spiro atoms. The van der Waals surface area contributed by atoms with Crippen LogP contribution in [-0.2, 0) is 9.59 Å². The van der Waals surface area contributed by atoms with E-state index in [0.717, 1.165) is 25.7 Å². The van der Waals surface area contributed by atoms with Gasteiger partial charge in [-0.25, -0.2) is 0 Å². The van der Waals surface area contributed by atoms with Crippen molar-refractivity contribution in [2.75, 3.05) is 0 Å². The quantitative estimate of drug-likeness (QED) is 0.0785. The first kappa shape index (κ1) is 33.2. The average molecular weight is 629 g/mol. The third-order valence-corrected chi connectivity index (χ3v) is 14.5. The van der Waals surface area contributed by atoms with E-state index in [1.54, 1.807) is 11.3 Å². The van der Waals surface area contributed by atoms with Crippen LogP contribution in [0.4, 0.5) is 0 Å². The molecule has 0 fully saturated rings. The third kappa shape index (κ3) is 19.9. The first-order valence-corrected chi connectivity index (χ1v) is 20.0. The molecule has 1 rings (SSSR count). The number of hydrogen-bond donors (Lipinski definition) is 0. The molecule has 0 bridgehead atoms. The van der Waals surface area contributed by atoms with E-state index in [-0.39, 0.29) is 0 Å². The summed E-state index contributed by atoms with van der Waals surface area (Å²) >= 11 is 0.252. The number of unbranched alkanes of at least 4 members (excludes halogenated alkanes) is 18. The molecule has 1 aromatic heterocycles. The Kier molecular flexibility index (Phi) is 23.2. The van der Waals surface area contributed by atoms with Crippen LogP contribution in [0.5, 0.6) is 0 Å². The predicted octanol–water partition coefficient (Wildman–Crippen LogP) is 7.55. The van der Waals surface area contributed by atoms with E-state index in [4.69, 9.17) is 0 Å². The van der Waals surface area contributed by atoms with Gasteiger partial charge in [0.1, 0.15) is 0 Å². The number of carbonyl (C=O) groups is 2. The van der Waals surface area contributed by atoms with Crippen LogP contribution < -0.4 is 8.70 Å². The van der Waals surface area contributed by atoms with Gasteiger partial charge in [-0.1, -0.05) is 13.8 Å². The minimum atomic E-state index is -0.722. The molecule has 2 unspecified atom stereocenters.